The highest BCUT2D eigenvalue weighted by molar-refractivity contribution is 6.31. The Morgan fingerprint density at radius 3 is 2.73 bits per heavy atom. The van der Waals surface area contributed by atoms with Gasteiger partial charge in [-0.15, -0.1) is 0 Å². The van der Waals surface area contributed by atoms with Crippen LogP contribution in [-0.4, -0.2) is 5.78 Å². The highest BCUT2D eigenvalue weighted by Gasteiger charge is 2.08. The zero-order chi connectivity index (χ0) is 11.4. The molecule has 0 saturated heterocycles. The van der Waals surface area contributed by atoms with Gasteiger partial charge in [0.05, 0.1) is 6.07 Å². The molecule has 0 aliphatic rings. The van der Waals surface area contributed by atoms with Gasteiger partial charge in [-0.05, 0) is 31.9 Å². The number of benzene rings is 1. The second-order valence-corrected chi connectivity index (χ2v) is 4.00. The zero-order valence-electron chi connectivity index (χ0n) is 8.75. The molecular formula is C12H12ClNO. The van der Waals surface area contributed by atoms with Crippen LogP contribution in [0.15, 0.2) is 18.2 Å². The molecule has 0 heterocycles. The molecule has 0 aliphatic carbocycles. The topological polar surface area (TPSA) is 40.9 Å². The number of hydrogen-bond acceptors (Lipinski definition) is 2. The smallest absolute Gasteiger partial charge is 0.159 e. The van der Waals surface area contributed by atoms with Crippen LogP contribution in [0.4, 0.5) is 0 Å². The van der Waals surface area contributed by atoms with Crippen molar-refractivity contribution in [2.75, 3.05) is 0 Å². The molecule has 3 heteroatoms. The molecule has 0 N–H and O–H groups in total. The Morgan fingerprint density at radius 2 is 2.27 bits per heavy atom. The quantitative estimate of drug-likeness (QED) is 0.736. The number of halogens is 1. The normalized spacial score (nSPS) is 11.9. The molecule has 0 aromatic heterocycles. The summed E-state index contributed by atoms with van der Waals surface area (Å²) in [6.45, 7) is 3.35. The van der Waals surface area contributed by atoms with Crippen molar-refractivity contribution in [2.45, 2.75) is 20.3 Å². The van der Waals surface area contributed by atoms with Gasteiger partial charge in [-0.2, -0.15) is 5.26 Å². The van der Waals surface area contributed by atoms with Crippen molar-refractivity contribution in [3.8, 4) is 6.07 Å². The van der Waals surface area contributed by atoms with Gasteiger partial charge in [-0.25, -0.2) is 0 Å². The number of Topliss-reactive ketones (excluding diaryl/α,β-unsaturated/α-hetero) is 1. The Bertz CT molecular complexity index is 420. The fourth-order valence-corrected chi connectivity index (χ4v) is 1.57. The molecule has 78 valence electrons. The van der Waals surface area contributed by atoms with Gasteiger partial charge in [-0.3, -0.25) is 4.79 Å². The lowest BCUT2D eigenvalue weighted by Crippen LogP contribution is -1.99. The van der Waals surface area contributed by atoms with Crippen LogP contribution in [0.1, 0.15) is 29.8 Å². The van der Waals surface area contributed by atoms with Crippen LogP contribution < -0.4 is 0 Å². The molecule has 0 aliphatic heterocycles. The zero-order valence-corrected chi connectivity index (χ0v) is 9.51. The highest BCUT2D eigenvalue weighted by atomic mass is 35.5. The lowest BCUT2D eigenvalue weighted by Gasteiger charge is -2.06. The molecule has 1 unspecified atom stereocenters. The van der Waals surface area contributed by atoms with E-state index in [1.54, 1.807) is 12.1 Å². The van der Waals surface area contributed by atoms with Gasteiger partial charge in [0.1, 0.15) is 0 Å². The number of nitriles is 1. The molecule has 0 fully saturated rings. The summed E-state index contributed by atoms with van der Waals surface area (Å²) < 4.78 is 0. The summed E-state index contributed by atoms with van der Waals surface area (Å²) >= 11 is 6.01. The summed E-state index contributed by atoms with van der Waals surface area (Å²) in [5.74, 6) is -0.0672. The third-order valence-electron chi connectivity index (χ3n) is 2.21. The standard InChI is InChI=1S/C12H12ClNO/c1-8(7-14)5-11-4-3-10(9(2)15)6-12(11)13/h3-4,6,8H,5H2,1-2H3. The molecule has 2 nitrogen and oxygen atoms in total. The Hall–Kier alpha value is -1.33. The van der Waals surface area contributed by atoms with Crippen molar-refractivity contribution in [1.29, 1.82) is 5.26 Å². The van der Waals surface area contributed by atoms with Crippen molar-refractivity contribution < 1.29 is 4.79 Å². The molecule has 1 aromatic rings. The SMILES string of the molecule is CC(=O)c1ccc(CC(C)C#N)c(Cl)c1. The van der Waals surface area contributed by atoms with E-state index in [2.05, 4.69) is 6.07 Å². The third-order valence-corrected chi connectivity index (χ3v) is 2.56. The molecule has 1 rings (SSSR count). The van der Waals surface area contributed by atoms with Crippen LogP contribution in [0.2, 0.25) is 5.02 Å². The van der Waals surface area contributed by atoms with Crippen LogP contribution in [0.25, 0.3) is 0 Å². The molecule has 0 bridgehead atoms. The molecule has 0 spiro atoms. The maximum Gasteiger partial charge on any atom is 0.159 e. The van der Waals surface area contributed by atoms with Crippen LogP contribution in [-0.2, 0) is 6.42 Å². The van der Waals surface area contributed by atoms with Gasteiger partial charge in [0.25, 0.3) is 0 Å². The largest absolute Gasteiger partial charge is 0.295 e. The molecule has 1 aromatic carbocycles. The van der Waals surface area contributed by atoms with Gasteiger partial charge in [0.2, 0.25) is 0 Å². The first kappa shape index (κ1) is 11.7. The fraction of sp³-hybridized carbons (Fsp3) is 0.333. The molecule has 0 saturated carbocycles. The van der Waals surface area contributed by atoms with Gasteiger partial charge < -0.3 is 0 Å². The second kappa shape index (κ2) is 4.95. The summed E-state index contributed by atoms with van der Waals surface area (Å²) in [7, 11) is 0. The van der Waals surface area contributed by atoms with Crippen molar-refractivity contribution in [2.24, 2.45) is 5.92 Å². The number of carbonyl (C=O) groups excluding carboxylic acids is 1. The molecule has 1 atom stereocenters. The van der Waals surface area contributed by atoms with E-state index in [-0.39, 0.29) is 11.7 Å². The van der Waals surface area contributed by atoms with Crippen LogP contribution in [0, 0.1) is 17.2 Å². The minimum absolute atomic E-state index is 0.00298. The monoisotopic (exact) mass is 221 g/mol. The van der Waals surface area contributed by atoms with E-state index in [0.717, 1.165) is 5.56 Å². The lowest BCUT2D eigenvalue weighted by molar-refractivity contribution is 0.101. The number of hydrogen-bond donors (Lipinski definition) is 0. The first-order valence-electron chi connectivity index (χ1n) is 4.73. The average molecular weight is 222 g/mol. The molecular weight excluding hydrogens is 210 g/mol. The Kier molecular flexibility index (Phi) is 3.88. The third kappa shape index (κ3) is 3.07. The predicted octanol–water partition coefficient (Wildman–Crippen LogP) is 3.24. The molecule has 0 amide bonds. The fourth-order valence-electron chi connectivity index (χ4n) is 1.31. The second-order valence-electron chi connectivity index (χ2n) is 3.60. The average Bonchev–Trinajstić information content (AvgIpc) is 2.20. The summed E-state index contributed by atoms with van der Waals surface area (Å²) in [4.78, 5) is 11.1. The van der Waals surface area contributed by atoms with Gasteiger partial charge in [-0.1, -0.05) is 23.7 Å². The van der Waals surface area contributed by atoms with Crippen molar-refractivity contribution in [3.63, 3.8) is 0 Å². The van der Waals surface area contributed by atoms with E-state index in [1.165, 1.54) is 6.92 Å². The summed E-state index contributed by atoms with van der Waals surface area (Å²) in [5.41, 5.74) is 1.52. The van der Waals surface area contributed by atoms with Crippen LogP contribution in [0.3, 0.4) is 0 Å². The summed E-state index contributed by atoms with van der Waals surface area (Å²) in [6.07, 6.45) is 0.619. The first-order valence-corrected chi connectivity index (χ1v) is 5.11. The van der Waals surface area contributed by atoms with Gasteiger partial charge in [0, 0.05) is 16.5 Å². The number of carbonyl (C=O) groups is 1. The maximum atomic E-state index is 11.1. The van der Waals surface area contributed by atoms with Gasteiger partial charge in [0.15, 0.2) is 5.78 Å². The van der Waals surface area contributed by atoms with Crippen molar-refractivity contribution in [3.05, 3.63) is 34.3 Å². The highest BCUT2D eigenvalue weighted by Crippen LogP contribution is 2.21. The van der Waals surface area contributed by atoms with E-state index >= 15 is 0 Å². The number of rotatable bonds is 3. The summed E-state index contributed by atoms with van der Waals surface area (Å²) in [6, 6.07) is 7.36. The molecule has 15 heavy (non-hydrogen) atoms. The Morgan fingerprint density at radius 1 is 1.60 bits per heavy atom. The number of ketones is 1. The first-order chi connectivity index (χ1) is 7.04. The van der Waals surface area contributed by atoms with Gasteiger partial charge >= 0.3 is 0 Å². The Labute approximate surface area is 94.5 Å². The van der Waals surface area contributed by atoms with E-state index in [1.807, 2.05) is 13.0 Å². The summed E-state index contributed by atoms with van der Waals surface area (Å²) in [5, 5.41) is 9.24. The van der Waals surface area contributed by atoms with Crippen LogP contribution >= 0.6 is 11.6 Å². The lowest BCUT2D eigenvalue weighted by atomic mass is 10.0. The maximum absolute atomic E-state index is 11.1. The number of nitrogens with zero attached hydrogens (tertiary/aromatic N) is 1. The van der Waals surface area contributed by atoms with E-state index in [9.17, 15) is 4.79 Å². The van der Waals surface area contributed by atoms with E-state index in [4.69, 9.17) is 16.9 Å². The van der Waals surface area contributed by atoms with Crippen LogP contribution in [0.5, 0.6) is 0 Å². The van der Waals surface area contributed by atoms with E-state index in [0.29, 0.717) is 17.0 Å². The predicted molar refractivity (Wildman–Crippen MR) is 59.9 cm³/mol. The minimum Gasteiger partial charge on any atom is -0.295 e. The van der Waals surface area contributed by atoms with Crippen molar-refractivity contribution >= 4 is 17.4 Å². The molecule has 0 radical (unpaired) electrons. The Balaban J connectivity index is 2.94. The minimum atomic E-state index is -0.0642. The van der Waals surface area contributed by atoms with E-state index < -0.39 is 0 Å². The van der Waals surface area contributed by atoms with Crippen molar-refractivity contribution in [1.82, 2.24) is 0 Å².